The van der Waals surface area contributed by atoms with Crippen LogP contribution in [0.25, 0.3) is 10.9 Å². The summed E-state index contributed by atoms with van der Waals surface area (Å²) in [6.07, 6.45) is 0.308. The van der Waals surface area contributed by atoms with Crippen LogP contribution in [-0.2, 0) is 33.9 Å². The predicted octanol–water partition coefficient (Wildman–Crippen LogP) is 5.28. The third kappa shape index (κ3) is 6.69. The van der Waals surface area contributed by atoms with E-state index in [1.807, 2.05) is 36.1 Å². The highest BCUT2D eigenvalue weighted by Crippen LogP contribution is 2.45. The Balaban J connectivity index is 0.779. The highest BCUT2D eigenvalue weighted by molar-refractivity contribution is 6.23. The Labute approximate surface area is 348 Å². The summed E-state index contributed by atoms with van der Waals surface area (Å²) in [5.41, 5.74) is 4.26. The van der Waals surface area contributed by atoms with Crippen molar-refractivity contribution in [3.05, 3.63) is 99.2 Å². The molecule has 0 radical (unpaired) electrons. The van der Waals surface area contributed by atoms with Crippen LogP contribution >= 0.6 is 0 Å². The zero-order valence-corrected chi connectivity index (χ0v) is 33.6. The molecule has 3 aromatic carbocycles. The van der Waals surface area contributed by atoms with Crippen LogP contribution in [0.15, 0.2) is 48.5 Å². The molecule has 12 nitrogen and oxygen atoms in total. The van der Waals surface area contributed by atoms with Gasteiger partial charge in [0.1, 0.15) is 17.7 Å². The number of hydrogen-bond donors (Lipinski definition) is 2. The second-order valence-corrected chi connectivity index (χ2v) is 17.7. The van der Waals surface area contributed by atoms with Crippen LogP contribution in [0.4, 0.5) is 23.2 Å². The maximum atomic E-state index is 16.3. The van der Waals surface area contributed by atoms with Gasteiger partial charge in [0.2, 0.25) is 17.7 Å². The molecule has 7 heterocycles. The van der Waals surface area contributed by atoms with Gasteiger partial charge in [-0.3, -0.25) is 44.0 Å². The monoisotopic (exact) mass is 839 g/mol. The first kappa shape index (κ1) is 39.5. The molecule has 3 fully saturated rings. The number of carbonyl (C=O) groups is 5. The van der Waals surface area contributed by atoms with E-state index in [4.69, 9.17) is 0 Å². The van der Waals surface area contributed by atoms with Crippen LogP contribution in [0, 0.1) is 17.0 Å². The van der Waals surface area contributed by atoms with Gasteiger partial charge in [-0.25, -0.2) is 17.6 Å². The highest BCUT2D eigenvalue weighted by Gasteiger charge is 2.47. The number of fused-ring (bicyclic) bond motifs is 5. The van der Waals surface area contributed by atoms with Gasteiger partial charge >= 0.3 is 0 Å². The fourth-order valence-corrected chi connectivity index (χ4v) is 10.9. The number of nitrogens with zero attached hydrogens (tertiary/aromatic N) is 5. The number of alkyl halides is 2. The van der Waals surface area contributed by atoms with Crippen molar-refractivity contribution in [2.75, 3.05) is 44.2 Å². The molecule has 16 heteroatoms. The molecule has 3 atom stereocenters. The van der Waals surface area contributed by atoms with Gasteiger partial charge in [-0.1, -0.05) is 18.2 Å². The molecule has 1 spiro atoms. The van der Waals surface area contributed by atoms with E-state index in [2.05, 4.69) is 15.2 Å². The van der Waals surface area contributed by atoms with Crippen LogP contribution in [0.2, 0.25) is 0 Å². The Bertz CT molecular complexity index is 2470. The molecule has 10 rings (SSSR count). The minimum Gasteiger partial charge on any atom is -0.371 e. The number of hydrogen-bond acceptors (Lipinski definition) is 8. The molecule has 318 valence electrons. The molecule has 61 heavy (non-hydrogen) atoms. The first-order chi connectivity index (χ1) is 29.3. The van der Waals surface area contributed by atoms with Crippen molar-refractivity contribution in [1.82, 2.24) is 29.9 Å². The molecule has 0 aliphatic carbocycles. The van der Waals surface area contributed by atoms with Crippen molar-refractivity contribution in [2.24, 2.45) is 5.41 Å². The maximum Gasteiger partial charge on any atom is 0.262 e. The van der Waals surface area contributed by atoms with Crippen LogP contribution in [0.1, 0.15) is 93.7 Å². The van der Waals surface area contributed by atoms with Crippen LogP contribution in [0.5, 0.6) is 0 Å². The van der Waals surface area contributed by atoms with E-state index in [1.54, 1.807) is 17.0 Å². The van der Waals surface area contributed by atoms with Gasteiger partial charge in [0.25, 0.3) is 18.2 Å². The Kier molecular flexibility index (Phi) is 9.58. The SMILES string of the molecule is C[C@@H]1Cc2c([nH]c3ccccc23)C(c2c(F)cc(N3CCC4(CCN(CC(=O)N5Cc6cc7c(cc6C5)C(=O)N(C5CCC(=O)NC5=O)C7=O)C4)CC3)cc2F)N1CC(F)F. The van der Waals surface area contributed by atoms with E-state index in [0.717, 1.165) is 58.3 Å². The lowest BCUT2D eigenvalue weighted by atomic mass is 9.77. The summed E-state index contributed by atoms with van der Waals surface area (Å²) in [6.45, 7) is 4.53. The number of H-pyrrole nitrogens is 1. The van der Waals surface area contributed by atoms with Gasteiger partial charge in [-0.2, -0.15) is 0 Å². The van der Waals surface area contributed by atoms with Crippen molar-refractivity contribution >= 4 is 46.1 Å². The van der Waals surface area contributed by atoms with Crippen LogP contribution < -0.4 is 10.2 Å². The molecule has 2 unspecified atom stereocenters. The number of nitrogens with one attached hydrogen (secondary N) is 2. The third-order valence-corrected chi connectivity index (χ3v) is 14.1. The van der Waals surface area contributed by atoms with Crippen molar-refractivity contribution in [3.63, 3.8) is 0 Å². The smallest absolute Gasteiger partial charge is 0.262 e. The summed E-state index contributed by atoms with van der Waals surface area (Å²) in [6, 6.07) is 11.1. The van der Waals surface area contributed by atoms with E-state index in [1.165, 1.54) is 17.0 Å². The van der Waals surface area contributed by atoms with Crippen molar-refractivity contribution in [3.8, 4) is 0 Å². The van der Waals surface area contributed by atoms with Crippen molar-refractivity contribution in [2.45, 2.75) is 83.1 Å². The predicted molar refractivity (Wildman–Crippen MR) is 215 cm³/mol. The van der Waals surface area contributed by atoms with E-state index >= 15 is 8.78 Å². The van der Waals surface area contributed by atoms with E-state index in [9.17, 15) is 32.8 Å². The molecule has 0 saturated carbocycles. The topological polar surface area (TPSA) is 129 Å². The van der Waals surface area contributed by atoms with Crippen molar-refractivity contribution in [1.29, 1.82) is 0 Å². The summed E-state index contributed by atoms with van der Waals surface area (Å²) < 4.78 is 60.5. The molecule has 4 aromatic rings. The average Bonchev–Trinajstić information content (AvgIpc) is 3.98. The van der Waals surface area contributed by atoms with E-state index < -0.39 is 60.3 Å². The molecule has 3 saturated heterocycles. The quantitative estimate of drug-likeness (QED) is 0.190. The number of likely N-dealkylation sites (tertiary alicyclic amines) is 1. The molecule has 1 aromatic heterocycles. The number of anilines is 1. The number of aromatic amines is 1. The summed E-state index contributed by atoms with van der Waals surface area (Å²) in [4.78, 5) is 76.0. The standard InChI is InChI=1S/C45H45F4N7O5/c1-24-14-29-28-4-2-3-5-34(28)50-40(29)41(55(24)21-36(48)49)39-32(46)17-27(18-33(39)47)53-12-9-45(10-13-53)8-11-52(23-45)22-38(58)54-19-25-15-30-31(16-26(25)20-54)44(61)56(43(30)60)35-6-7-37(57)51-42(35)59/h2-5,15-18,24,35-36,41,50H,6-14,19-23H2,1H3,(H,51,57,59)/t24-,35?,41?/m1/s1. The lowest BCUT2D eigenvalue weighted by Crippen LogP contribution is -2.54. The summed E-state index contributed by atoms with van der Waals surface area (Å²) >= 11 is 0. The van der Waals surface area contributed by atoms with Gasteiger partial charge in [-0.15, -0.1) is 0 Å². The second kappa shape index (κ2) is 14.8. The largest absolute Gasteiger partial charge is 0.371 e. The molecule has 0 bridgehead atoms. The molecule has 5 amide bonds. The number of benzene rings is 3. The first-order valence-corrected chi connectivity index (χ1v) is 21.0. The zero-order valence-electron chi connectivity index (χ0n) is 33.6. The van der Waals surface area contributed by atoms with Crippen molar-refractivity contribution < 1.29 is 41.5 Å². The number of amides is 5. The number of carbonyl (C=O) groups excluding carboxylic acids is 5. The van der Waals surface area contributed by atoms with E-state index in [-0.39, 0.29) is 66.5 Å². The Morgan fingerprint density at radius 1 is 0.902 bits per heavy atom. The molecule has 6 aliphatic heterocycles. The number of para-hydroxylation sites is 1. The number of piperidine rings is 2. The molecular formula is C45H45F4N7O5. The minimum atomic E-state index is -2.69. The van der Waals surface area contributed by atoms with Gasteiger partial charge in [0, 0.05) is 73.0 Å². The van der Waals surface area contributed by atoms with Crippen LogP contribution in [0.3, 0.4) is 0 Å². The maximum absolute atomic E-state index is 16.3. The highest BCUT2D eigenvalue weighted by atomic mass is 19.3. The lowest BCUT2D eigenvalue weighted by Gasteiger charge is -2.42. The number of rotatable bonds is 7. The molecule has 2 N–H and O–H groups in total. The Morgan fingerprint density at radius 3 is 2.21 bits per heavy atom. The minimum absolute atomic E-state index is 0.0364. The Hall–Kier alpha value is -5.61. The summed E-state index contributed by atoms with van der Waals surface area (Å²) in [7, 11) is 0. The van der Waals surface area contributed by atoms with Gasteiger partial charge in [0.05, 0.1) is 30.3 Å². The average molecular weight is 840 g/mol. The second-order valence-electron chi connectivity index (χ2n) is 17.7. The Morgan fingerprint density at radius 2 is 1.56 bits per heavy atom. The van der Waals surface area contributed by atoms with Crippen LogP contribution in [-0.4, -0.2) is 112 Å². The van der Waals surface area contributed by atoms with E-state index in [0.29, 0.717) is 37.4 Å². The summed E-state index contributed by atoms with van der Waals surface area (Å²) in [5.74, 6) is -3.89. The molecular weight excluding hydrogens is 795 g/mol. The summed E-state index contributed by atoms with van der Waals surface area (Å²) in [5, 5.41) is 3.12. The normalized spacial score (nSPS) is 24.0. The first-order valence-electron chi connectivity index (χ1n) is 21.0. The number of halogens is 4. The number of imide groups is 2. The van der Waals surface area contributed by atoms with Gasteiger partial charge < -0.3 is 14.8 Å². The van der Waals surface area contributed by atoms with Gasteiger partial charge in [-0.05, 0) is 98.0 Å². The zero-order chi connectivity index (χ0) is 42.5. The van der Waals surface area contributed by atoms with Gasteiger partial charge in [0.15, 0.2) is 0 Å². The number of aromatic nitrogens is 1. The lowest BCUT2D eigenvalue weighted by molar-refractivity contribution is -0.136. The fourth-order valence-electron chi connectivity index (χ4n) is 10.9. The third-order valence-electron chi connectivity index (χ3n) is 14.1. The fraction of sp³-hybridized carbons (Fsp3) is 0.444. The molecule has 6 aliphatic rings.